The molecule has 1 aromatic heterocycles. The molecule has 0 aliphatic heterocycles. The number of aromatic nitrogens is 1. The fourth-order valence-corrected chi connectivity index (χ4v) is 1.93. The molecule has 0 aliphatic carbocycles. The fraction of sp³-hybridized carbons (Fsp3) is 0.0769. The number of rotatable bonds is 2. The summed E-state index contributed by atoms with van der Waals surface area (Å²) >= 11 is 3.38. The van der Waals surface area contributed by atoms with Crippen molar-refractivity contribution in [1.29, 1.82) is 0 Å². The molecular formula is C13H11BrN2O. The number of benzene rings is 1. The van der Waals surface area contributed by atoms with Gasteiger partial charge in [0.25, 0.3) is 5.91 Å². The number of carbonyl (C=O) groups is 1. The van der Waals surface area contributed by atoms with Crippen molar-refractivity contribution in [2.24, 2.45) is 0 Å². The van der Waals surface area contributed by atoms with Crippen LogP contribution < -0.4 is 5.32 Å². The molecule has 3 nitrogen and oxygen atoms in total. The molecule has 1 aromatic carbocycles. The summed E-state index contributed by atoms with van der Waals surface area (Å²) in [7, 11) is 0. The Hall–Kier alpha value is -1.68. The molecule has 86 valence electrons. The van der Waals surface area contributed by atoms with Crippen molar-refractivity contribution < 1.29 is 4.79 Å². The molecule has 1 N–H and O–H groups in total. The molecule has 0 aliphatic rings. The molecule has 0 unspecified atom stereocenters. The van der Waals surface area contributed by atoms with E-state index < -0.39 is 0 Å². The number of pyridine rings is 1. The SMILES string of the molecule is Cc1cc(Br)ccc1NC(=O)c1cccnc1. The zero-order valence-electron chi connectivity index (χ0n) is 9.27. The quantitative estimate of drug-likeness (QED) is 0.921. The van der Waals surface area contributed by atoms with Crippen LogP contribution in [0.15, 0.2) is 47.2 Å². The van der Waals surface area contributed by atoms with E-state index in [0.29, 0.717) is 5.56 Å². The first-order chi connectivity index (χ1) is 8.16. The Morgan fingerprint density at radius 1 is 1.35 bits per heavy atom. The first kappa shape index (κ1) is 11.8. The van der Waals surface area contributed by atoms with Crippen LogP contribution >= 0.6 is 15.9 Å². The number of nitrogens with zero attached hydrogens (tertiary/aromatic N) is 1. The fourth-order valence-electron chi connectivity index (χ4n) is 1.46. The molecule has 1 heterocycles. The Balaban J connectivity index is 2.19. The lowest BCUT2D eigenvalue weighted by Crippen LogP contribution is -2.12. The van der Waals surface area contributed by atoms with E-state index in [1.807, 2.05) is 25.1 Å². The van der Waals surface area contributed by atoms with Gasteiger partial charge < -0.3 is 5.32 Å². The summed E-state index contributed by atoms with van der Waals surface area (Å²) in [5.74, 6) is -0.150. The molecule has 0 fully saturated rings. The van der Waals surface area contributed by atoms with Crippen molar-refractivity contribution in [2.45, 2.75) is 6.92 Å². The Morgan fingerprint density at radius 2 is 2.18 bits per heavy atom. The summed E-state index contributed by atoms with van der Waals surface area (Å²) in [5.41, 5.74) is 2.37. The van der Waals surface area contributed by atoms with Crippen LogP contribution in [0.2, 0.25) is 0 Å². The first-order valence-electron chi connectivity index (χ1n) is 5.14. The number of hydrogen-bond acceptors (Lipinski definition) is 2. The zero-order valence-corrected chi connectivity index (χ0v) is 10.9. The van der Waals surface area contributed by atoms with E-state index in [0.717, 1.165) is 15.7 Å². The van der Waals surface area contributed by atoms with E-state index >= 15 is 0 Å². The van der Waals surface area contributed by atoms with Crippen molar-refractivity contribution in [3.05, 3.63) is 58.3 Å². The maximum Gasteiger partial charge on any atom is 0.257 e. The number of halogens is 1. The maximum atomic E-state index is 11.9. The molecule has 0 saturated carbocycles. The standard InChI is InChI=1S/C13H11BrN2O/c1-9-7-11(14)4-5-12(9)16-13(17)10-3-2-6-15-8-10/h2-8H,1H3,(H,16,17). The average Bonchev–Trinajstić information content (AvgIpc) is 2.34. The zero-order chi connectivity index (χ0) is 12.3. The molecule has 0 spiro atoms. The second kappa shape index (κ2) is 5.10. The van der Waals surface area contributed by atoms with Crippen LogP contribution in [0.4, 0.5) is 5.69 Å². The Bertz CT molecular complexity index is 540. The summed E-state index contributed by atoms with van der Waals surface area (Å²) in [6.07, 6.45) is 3.19. The normalized spacial score (nSPS) is 10.0. The molecule has 2 aromatic rings. The molecule has 4 heteroatoms. The minimum atomic E-state index is -0.150. The third kappa shape index (κ3) is 2.91. The van der Waals surface area contributed by atoms with E-state index in [1.165, 1.54) is 0 Å². The highest BCUT2D eigenvalue weighted by molar-refractivity contribution is 9.10. The lowest BCUT2D eigenvalue weighted by Gasteiger charge is -2.08. The Morgan fingerprint density at radius 3 is 2.82 bits per heavy atom. The number of amides is 1. The number of hydrogen-bond donors (Lipinski definition) is 1. The second-order valence-corrected chi connectivity index (χ2v) is 4.57. The smallest absolute Gasteiger partial charge is 0.257 e. The van der Waals surface area contributed by atoms with Crippen LogP contribution in [-0.4, -0.2) is 10.9 Å². The van der Waals surface area contributed by atoms with Crippen LogP contribution in [0.3, 0.4) is 0 Å². The van der Waals surface area contributed by atoms with Gasteiger partial charge >= 0.3 is 0 Å². The minimum Gasteiger partial charge on any atom is -0.322 e. The van der Waals surface area contributed by atoms with Crippen LogP contribution in [0, 0.1) is 6.92 Å². The predicted octanol–water partition coefficient (Wildman–Crippen LogP) is 3.40. The molecule has 0 saturated heterocycles. The van der Waals surface area contributed by atoms with Crippen LogP contribution in [0.25, 0.3) is 0 Å². The van der Waals surface area contributed by atoms with E-state index in [2.05, 4.69) is 26.2 Å². The molecule has 0 radical (unpaired) electrons. The Labute approximate surface area is 108 Å². The summed E-state index contributed by atoms with van der Waals surface area (Å²) < 4.78 is 0.995. The molecule has 1 amide bonds. The third-order valence-corrected chi connectivity index (χ3v) is 2.85. The predicted molar refractivity (Wildman–Crippen MR) is 71.1 cm³/mol. The highest BCUT2D eigenvalue weighted by atomic mass is 79.9. The van der Waals surface area contributed by atoms with Gasteiger partial charge in [0, 0.05) is 22.6 Å². The van der Waals surface area contributed by atoms with Gasteiger partial charge in [0.15, 0.2) is 0 Å². The highest BCUT2D eigenvalue weighted by Crippen LogP contribution is 2.20. The van der Waals surface area contributed by atoms with Crippen LogP contribution in [0.5, 0.6) is 0 Å². The van der Waals surface area contributed by atoms with Crippen molar-refractivity contribution in [3.63, 3.8) is 0 Å². The molecular weight excluding hydrogens is 280 g/mol. The maximum absolute atomic E-state index is 11.9. The van der Waals surface area contributed by atoms with Gasteiger partial charge in [0.1, 0.15) is 0 Å². The van der Waals surface area contributed by atoms with Gasteiger partial charge in [-0.05, 0) is 42.8 Å². The molecule has 0 bridgehead atoms. The van der Waals surface area contributed by atoms with E-state index in [9.17, 15) is 4.79 Å². The highest BCUT2D eigenvalue weighted by Gasteiger charge is 2.07. The average molecular weight is 291 g/mol. The summed E-state index contributed by atoms with van der Waals surface area (Å²) in [5, 5.41) is 2.85. The van der Waals surface area contributed by atoms with Gasteiger partial charge in [-0.25, -0.2) is 0 Å². The monoisotopic (exact) mass is 290 g/mol. The van der Waals surface area contributed by atoms with Gasteiger partial charge in [-0.15, -0.1) is 0 Å². The largest absolute Gasteiger partial charge is 0.322 e. The van der Waals surface area contributed by atoms with Gasteiger partial charge in [-0.3, -0.25) is 9.78 Å². The van der Waals surface area contributed by atoms with Crippen LogP contribution in [0.1, 0.15) is 15.9 Å². The lowest BCUT2D eigenvalue weighted by molar-refractivity contribution is 0.102. The number of carbonyl (C=O) groups excluding carboxylic acids is 1. The van der Waals surface area contributed by atoms with E-state index in [-0.39, 0.29) is 5.91 Å². The summed E-state index contributed by atoms with van der Waals surface area (Å²) in [6.45, 7) is 1.95. The van der Waals surface area contributed by atoms with Gasteiger partial charge in [0.2, 0.25) is 0 Å². The molecule has 17 heavy (non-hydrogen) atoms. The van der Waals surface area contributed by atoms with Crippen molar-refractivity contribution in [2.75, 3.05) is 5.32 Å². The third-order valence-electron chi connectivity index (χ3n) is 2.36. The van der Waals surface area contributed by atoms with Gasteiger partial charge in [0.05, 0.1) is 5.56 Å². The number of nitrogens with one attached hydrogen (secondary N) is 1. The minimum absolute atomic E-state index is 0.150. The topological polar surface area (TPSA) is 42.0 Å². The van der Waals surface area contributed by atoms with Crippen LogP contribution in [-0.2, 0) is 0 Å². The van der Waals surface area contributed by atoms with Crippen molar-refractivity contribution in [3.8, 4) is 0 Å². The number of anilines is 1. The Kier molecular flexibility index (Phi) is 3.54. The van der Waals surface area contributed by atoms with E-state index in [1.54, 1.807) is 24.5 Å². The van der Waals surface area contributed by atoms with Crippen molar-refractivity contribution in [1.82, 2.24) is 4.98 Å². The molecule has 0 atom stereocenters. The van der Waals surface area contributed by atoms with Crippen molar-refractivity contribution >= 4 is 27.5 Å². The first-order valence-corrected chi connectivity index (χ1v) is 5.93. The lowest BCUT2D eigenvalue weighted by atomic mass is 10.2. The molecule has 2 rings (SSSR count). The number of aryl methyl sites for hydroxylation is 1. The summed E-state index contributed by atoms with van der Waals surface area (Å²) in [6, 6.07) is 9.19. The van der Waals surface area contributed by atoms with Gasteiger partial charge in [-0.1, -0.05) is 15.9 Å². The summed E-state index contributed by atoms with van der Waals surface area (Å²) in [4.78, 5) is 15.8. The van der Waals surface area contributed by atoms with E-state index in [4.69, 9.17) is 0 Å². The van der Waals surface area contributed by atoms with Gasteiger partial charge in [-0.2, -0.15) is 0 Å². The second-order valence-electron chi connectivity index (χ2n) is 3.66.